The number of rotatable bonds is 9. The summed E-state index contributed by atoms with van der Waals surface area (Å²) in [7, 11) is 1.30. The van der Waals surface area contributed by atoms with Gasteiger partial charge in [0.05, 0.1) is 34.9 Å². The maximum Gasteiger partial charge on any atom is 0.417 e. The van der Waals surface area contributed by atoms with Gasteiger partial charge in [0.2, 0.25) is 0 Å². The van der Waals surface area contributed by atoms with Crippen molar-refractivity contribution in [2.45, 2.75) is 134 Å². The van der Waals surface area contributed by atoms with Crippen LogP contribution in [-0.2, 0) is 31.4 Å². The van der Waals surface area contributed by atoms with E-state index in [1.807, 2.05) is 0 Å². The molecule has 4 atom stereocenters. The SMILES string of the molecule is CCc1cc(C(F)(F)F)cc(C(F)(F)F)c1C(=O)N[C@@H]1CCC[C@@H]1N1CCCC1.CCc1cc(C(F)(F)F)cc(OC)c1C(=O)N[C@@H]1CCC[C@@H]1N1CCCC1. The lowest BCUT2D eigenvalue weighted by atomic mass is 9.94. The molecule has 16 heteroatoms. The van der Waals surface area contributed by atoms with Gasteiger partial charge in [-0.25, -0.2) is 0 Å². The van der Waals surface area contributed by atoms with E-state index >= 15 is 0 Å². The molecule has 2 saturated heterocycles. The van der Waals surface area contributed by atoms with E-state index in [1.165, 1.54) is 26.9 Å². The molecule has 2 heterocycles. The number of aryl methyl sites for hydroxylation is 2. The fourth-order valence-electron chi connectivity index (χ4n) is 8.89. The molecule has 312 valence electrons. The van der Waals surface area contributed by atoms with Crippen molar-refractivity contribution in [1.82, 2.24) is 20.4 Å². The largest absolute Gasteiger partial charge is 0.496 e. The molecule has 0 aromatic heterocycles. The van der Waals surface area contributed by atoms with Crippen LogP contribution < -0.4 is 15.4 Å². The van der Waals surface area contributed by atoms with Crippen molar-refractivity contribution in [3.05, 3.63) is 63.2 Å². The molecule has 2 aliphatic carbocycles. The number of nitrogens with one attached hydrogen (secondary N) is 2. The summed E-state index contributed by atoms with van der Waals surface area (Å²) in [6, 6.07) is 2.79. The van der Waals surface area contributed by atoms with E-state index in [2.05, 4.69) is 20.4 Å². The second-order valence-electron chi connectivity index (χ2n) is 15.1. The highest BCUT2D eigenvalue weighted by Crippen LogP contribution is 2.40. The molecule has 7 nitrogen and oxygen atoms in total. The summed E-state index contributed by atoms with van der Waals surface area (Å²) in [5, 5.41) is 5.79. The summed E-state index contributed by atoms with van der Waals surface area (Å²) in [5.41, 5.74) is -4.08. The van der Waals surface area contributed by atoms with Crippen LogP contribution in [0.25, 0.3) is 0 Å². The highest BCUT2D eigenvalue weighted by atomic mass is 19.4. The lowest BCUT2D eigenvalue weighted by Crippen LogP contribution is -2.48. The van der Waals surface area contributed by atoms with Crippen LogP contribution >= 0.6 is 0 Å². The zero-order chi connectivity index (χ0) is 41.0. The van der Waals surface area contributed by atoms with Gasteiger partial charge in [-0.3, -0.25) is 19.4 Å². The van der Waals surface area contributed by atoms with Crippen LogP contribution in [0.4, 0.5) is 39.5 Å². The molecule has 0 radical (unpaired) electrons. The number of amides is 2. The zero-order valence-electron chi connectivity index (χ0n) is 32.0. The van der Waals surface area contributed by atoms with Crippen molar-refractivity contribution in [3.63, 3.8) is 0 Å². The molecule has 6 rings (SSSR count). The number of nitrogens with zero attached hydrogens (tertiary/aromatic N) is 2. The Kier molecular flexibility index (Phi) is 14.0. The van der Waals surface area contributed by atoms with Gasteiger partial charge in [-0.1, -0.05) is 13.8 Å². The highest BCUT2D eigenvalue weighted by Gasteiger charge is 2.43. The predicted molar refractivity (Wildman–Crippen MR) is 193 cm³/mol. The molecule has 2 saturated carbocycles. The average molecular weight is 807 g/mol. The summed E-state index contributed by atoms with van der Waals surface area (Å²) in [6.07, 6.45) is -4.43. The third-order valence-electron chi connectivity index (χ3n) is 11.6. The number of alkyl halides is 9. The first-order valence-corrected chi connectivity index (χ1v) is 19.6. The first-order valence-electron chi connectivity index (χ1n) is 19.6. The Morgan fingerprint density at radius 3 is 1.41 bits per heavy atom. The number of carbonyl (C=O) groups is 2. The molecule has 0 spiro atoms. The van der Waals surface area contributed by atoms with Gasteiger partial charge < -0.3 is 15.4 Å². The summed E-state index contributed by atoms with van der Waals surface area (Å²) in [5.74, 6) is -1.30. The van der Waals surface area contributed by atoms with E-state index in [-0.39, 0.29) is 53.4 Å². The normalized spacial score (nSPS) is 23.6. The molecular weight excluding hydrogens is 755 g/mol. The molecule has 0 unspecified atom stereocenters. The Bertz CT molecular complexity index is 1660. The van der Waals surface area contributed by atoms with Crippen LogP contribution in [0.2, 0.25) is 0 Å². The van der Waals surface area contributed by atoms with Crippen molar-refractivity contribution in [1.29, 1.82) is 0 Å². The third-order valence-corrected chi connectivity index (χ3v) is 11.6. The third kappa shape index (κ3) is 10.1. The smallest absolute Gasteiger partial charge is 0.417 e. The number of carbonyl (C=O) groups excluding carboxylic acids is 2. The first kappa shape index (κ1) is 43.6. The Morgan fingerprint density at radius 1 is 0.607 bits per heavy atom. The average Bonchev–Trinajstić information content (AvgIpc) is 3.98. The monoisotopic (exact) mass is 806 g/mol. The standard InChI is InChI=1S/C20H24F6N2O.C20H27F3N2O2/c1-2-12-10-13(19(21,22)23)11-14(20(24,25)26)17(12)18(29)27-15-6-5-7-16(15)28-8-3-4-9-28;1-3-13-11-14(20(21,22)23)12-17(27-2)18(13)19(26)24-15-7-6-8-16(15)25-9-4-5-10-25/h10-11,15-16H,2-9H2,1H3,(H,27,29);11-12,15-16H,3-10H2,1-2H3,(H,24,26)/t2*15-,16+/m11/s1. The summed E-state index contributed by atoms with van der Waals surface area (Å²) >= 11 is 0. The Balaban J connectivity index is 0.000000215. The molecule has 2 N–H and O–H groups in total. The lowest BCUT2D eigenvalue weighted by molar-refractivity contribution is -0.143. The molecule has 2 aromatic carbocycles. The number of ether oxygens (including phenoxy) is 1. The van der Waals surface area contributed by atoms with Gasteiger partial charge in [0.1, 0.15) is 5.75 Å². The Labute approximate surface area is 321 Å². The van der Waals surface area contributed by atoms with Crippen LogP contribution in [0.1, 0.15) is 127 Å². The van der Waals surface area contributed by atoms with Crippen molar-refractivity contribution in [3.8, 4) is 5.75 Å². The quantitative estimate of drug-likeness (QED) is 0.248. The first-order chi connectivity index (χ1) is 26.4. The van der Waals surface area contributed by atoms with Gasteiger partial charge in [0, 0.05) is 24.2 Å². The van der Waals surface area contributed by atoms with Gasteiger partial charge in [-0.15, -0.1) is 0 Å². The van der Waals surface area contributed by atoms with E-state index in [0.717, 1.165) is 83.3 Å². The number of benzene rings is 2. The minimum Gasteiger partial charge on any atom is -0.496 e. The topological polar surface area (TPSA) is 73.9 Å². The van der Waals surface area contributed by atoms with Crippen LogP contribution in [0.15, 0.2) is 24.3 Å². The number of hydrogen-bond donors (Lipinski definition) is 2. The zero-order valence-corrected chi connectivity index (χ0v) is 32.0. The van der Waals surface area contributed by atoms with Crippen LogP contribution in [0.5, 0.6) is 5.75 Å². The molecular formula is C40H51F9N4O3. The van der Waals surface area contributed by atoms with Gasteiger partial charge >= 0.3 is 18.5 Å². The van der Waals surface area contributed by atoms with Crippen molar-refractivity contribution >= 4 is 11.8 Å². The van der Waals surface area contributed by atoms with E-state index in [1.54, 1.807) is 6.92 Å². The maximum atomic E-state index is 13.6. The summed E-state index contributed by atoms with van der Waals surface area (Å²) in [6.45, 7) is 7.09. The van der Waals surface area contributed by atoms with Crippen molar-refractivity contribution < 1.29 is 53.8 Å². The van der Waals surface area contributed by atoms with Gasteiger partial charge in [0.15, 0.2) is 0 Å². The molecule has 2 amide bonds. The molecule has 0 bridgehead atoms. The highest BCUT2D eigenvalue weighted by molar-refractivity contribution is 5.99. The Morgan fingerprint density at radius 2 is 1.02 bits per heavy atom. The summed E-state index contributed by atoms with van der Waals surface area (Å²) < 4.78 is 125. The van der Waals surface area contributed by atoms with E-state index in [4.69, 9.17) is 4.74 Å². The molecule has 2 aliphatic heterocycles. The molecule has 56 heavy (non-hydrogen) atoms. The second kappa shape index (κ2) is 17.9. The van der Waals surface area contributed by atoms with Crippen molar-refractivity contribution in [2.24, 2.45) is 0 Å². The van der Waals surface area contributed by atoms with Crippen LogP contribution in [-0.4, -0.2) is 79.1 Å². The molecule has 4 fully saturated rings. The van der Waals surface area contributed by atoms with Crippen LogP contribution in [0, 0.1) is 0 Å². The van der Waals surface area contributed by atoms with E-state index < -0.39 is 46.7 Å². The second-order valence-corrected chi connectivity index (χ2v) is 15.1. The number of likely N-dealkylation sites (tertiary alicyclic amines) is 2. The Hall–Kier alpha value is -3.53. The number of methoxy groups -OCH3 is 1. The van der Waals surface area contributed by atoms with Crippen molar-refractivity contribution in [2.75, 3.05) is 33.3 Å². The predicted octanol–water partition coefficient (Wildman–Crippen LogP) is 9.06. The lowest BCUT2D eigenvalue weighted by Gasteiger charge is -2.30. The minimum atomic E-state index is -5.07. The molecule has 2 aromatic rings. The van der Waals surface area contributed by atoms with E-state index in [9.17, 15) is 49.1 Å². The maximum absolute atomic E-state index is 13.6. The summed E-state index contributed by atoms with van der Waals surface area (Å²) in [4.78, 5) is 30.5. The minimum absolute atomic E-state index is 0.0186. The fourth-order valence-corrected chi connectivity index (χ4v) is 8.89. The van der Waals surface area contributed by atoms with E-state index in [0.29, 0.717) is 30.5 Å². The molecule has 4 aliphatic rings. The number of halogens is 9. The van der Waals surface area contributed by atoms with Gasteiger partial charge in [0.25, 0.3) is 11.8 Å². The fraction of sp³-hybridized carbons (Fsp3) is 0.650. The van der Waals surface area contributed by atoms with Crippen LogP contribution in [0.3, 0.4) is 0 Å². The van der Waals surface area contributed by atoms with Gasteiger partial charge in [-0.05, 0) is 139 Å². The van der Waals surface area contributed by atoms with Gasteiger partial charge in [-0.2, -0.15) is 39.5 Å². The number of hydrogen-bond acceptors (Lipinski definition) is 5.